The van der Waals surface area contributed by atoms with Crippen LogP contribution in [0.15, 0.2) is 10.3 Å². The second-order valence-corrected chi connectivity index (χ2v) is 9.96. The van der Waals surface area contributed by atoms with Crippen LogP contribution in [0.25, 0.3) is 0 Å². The zero-order valence-electron chi connectivity index (χ0n) is 16.8. The molecule has 3 rings (SSSR count). The predicted octanol–water partition coefficient (Wildman–Crippen LogP) is 3.81. The SMILES string of the molecule is Cc1c(C)c(C)c(S(=O)(=O)NCCc2csc(N3CCCC3)n2)c(C)c1C. The standard InChI is InChI=1S/C20H29N3O2S2/c1-13-14(2)16(4)19(17(5)15(13)3)27(24,25)21-9-8-18-12-26-20(22-18)23-10-6-7-11-23/h12,21H,6-11H2,1-5H3. The molecule has 0 radical (unpaired) electrons. The number of nitrogens with zero attached hydrogens (tertiary/aromatic N) is 2. The first-order valence-corrected chi connectivity index (χ1v) is 11.8. The highest BCUT2D eigenvalue weighted by Gasteiger charge is 2.23. The molecular formula is C20H29N3O2S2. The summed E-state index contributed by atoms with van der Waals surface area (Å²) in [6.07, 6.45) is 3.05. The Morgan fingerprint density at radius 2 is 1.56 bits per heavy atom. The van der Waals surface area contributed by atoms with Crippen LogP contribution in [0.4, 0.5) is 5.13 Å². The largest absolute Gasteiger partial charge is 0.348 e. The molecule has 0 amide bonds. The Bertz CT molecular complexity index is 913. The molecule has 1 saturated heterocycles. The zero-order valence-corrected chi connectivity index (χ0v) is 18.5. The van der Waals surface area contributed by atoms with Gasteiger partial charge in [-0.15, -0.1) is 11.3 Å². The first kappa shape index (κ1) is 20.3. The average molecular weight is 408 g/mol. The summed E-state index contributed by atoms with van der Waals surface area (Å²) in [4.78, 5) is 7.41. The monoisotopic (exact) mass is 407 g/mol. The van der Waals surface area contributed by atoms with Gasteiger partial charge in [-0.1, -0.05) is 0 Å². The maximum atomic E-state index is 13.0. The molecule has 1 N–H and O–H groups in total. The highest BCUT2D eigenvalue weighted by molar-refractivity contribution is 7.89. The van der Waals surface area contributed by atoms with Gasteiger partial charge in [-0.05, 0) is 75.3 Å². The molecule has 148 valence electrons. The quantitative estimate of drug-likeness (QED) is 0.791. The van der Waals surface area contributed by atoms with Gasteiger partial charge in [-0.25, -0.2) is 18.1 Å². The van der Waals surface area contributed by atoms with Crippen molar-refractivity contribution in [3.8, 4) is 0 Å². The summed E-state index contributed by atoms with van der Waals surface area (Å²) in [6, 6.07) is 0. The Hall–Kier alpha value is -1.44. The van der Waals surface area contributed by atoms with Crippen LogP contribution >= 0.6 is 11.3 Å². The fourth-order valence-electron chi connectivity index (χ4n) is 3.72. The van der Waals surface area contributed by atoms with E-state index in [1.165, 1.54) is 18.4 Å². The third-order valence-corrected chi connectivity index (χ3v) is 8.47. The topological polar surface area (TPSA) is 62.3 Å². The third-order valence-electron chi connectivity index (χ3n) is 5.79. The Morgan fingerprint density at radius 3 is 2.15 bits per heavy atom. The summed E-state index contributed by atoms with van der Waals surface area (Å²) in [7, 11) is -3.55. The summed E-state index contributed by atoms with van der Waals surface area (Å²) in [5, 5.41) is 3.10. The van der Waals surface area contributed by atoms with Crippen LogP contribution in [-0.4, -0.2) is 33.0 Å². The van der Waals surface area contributed by atoms with Gasteiger partial charge in [0.25, 0.3) is 0 Å². The number of aromatic nitrogens is 1. The van der Waals surface area contributed by atoms with Gasteiger partial charge >= 0.3 is 0 Å². The van der Waals surface area contributed by atoms with Crippen molar-refractivity contribution in [2.75, 3.05) is 24.5 Å². The van der Waals surface area contributed by atoms with Crippen LogP contribution in [-0.2, 0) is 16.4 Å². The van der Waals surface area contributed by atoms with Crippen molar-refractivity contribution in [2.24, 2.45) is 0 Å². The van der Waals surface area contributed by atoms with Gasteiger partial charge in [-0.2, -0.15) is 0 Å². The summed E-state index contributed by atoms with van der Waals surface area (Å²) < 4.78 is 28.7. The highest BCUT2D eigenvalue weighted by Crippen LogP contribution is 2.29. The van der Waals surface area contributed by atoms with Gasteiger partial charge in [0, 0.05) is 31.4 Å². The molecule has 0 bridgehead atoms. The lowest BCUT2D eigenvalue weighted by atomic mass is 9.95. The summed E-state index contributed by atoms with van der Waals surface area (Å²) in [5.74, 6) is 0. The van der Waals surface area contributed by atoms with Gasteiger partial charge in [-0.3, -0.25) is 0 Å². The lowest BCUT2D eigenvalue weighted by Crippen LogP contribution is -2.28. The molecule has 2 aromatic rings. The number of hydrogen-bond acceptors (Lipinski definition) is 5. The van der Waals surface area contributed by atoms with E-state index in [1.54, 1.807) is 11.3 Å². The van der Waals surface area contributed by atoms with E-state index < -0.39 is 10.0 Å². The number of thiazole rings is 1. The normalized spacial score (nSPS) is 14.9. The Kier molecular flexibility index (Phi) is 5.93. The lowest BCUT2D eigenvalue weighted by Gasteiger charge is -2.19. The second kappa shape index (κ2) is 7.89. The van der Waals surface area contributed by atoms with Crippen LogP contribution in [0.1, 0.15) is 46.4 Å². The van der Waals surface area contributed by atoms with E-state index in [-0.39, 0.29) is 0 Å². The van der Waals surface area contributed by atoms with Gasteiger partial charge < -0.3 is 4.90 Å². The minimum absolute atomic E-state index is 0.357. The highest BCUT2D eigenvalue weighted by atomic mass is 32.2. The molecule has 1 aromatic heterocycles. The van der Waals surface area contributed by atoms with Crippen molar-refractivity contribution >= 4 is 26.5 Å². The average Bonchev–Trinajstić information content (AvgIpc) is 3.29. The van der Waals surface area contributed by atoms with E-state index in [1.807, 2.05) is 33.1 Å². The van der Waals surface area contributed by atoms with Crippen LogP contribution in [0, 0.1) is 34.6 Å². The van der Waals surface area contributed by atoms with Gasteiger partial charge in [0.2, 0.25) is 10.0 Å². The number of rotatable bonds is 6. The molecule has 1 aromatic carbocycles. The molecule has 7 heteroatoms. The van der Waals surface area contributed by atoms with Crippen LogP contribution in [0.3, 0.4) is 0 Å². The predicted molar refractivity (Wildman–Crippen MR) is 113 cm³/mol. The first-order chi connectivity index (χ1) is 12.7. The number of sulfonamides is 1. The maximum absolute atomic E-state index is 13.0. The molecule has 5 nitrogen and oxygen atoms in total. The summed E-state index contributed by atoms with van der Waals surface area (Å²) in [6.45, 7) is 12.3. The van der Waals surface area contributed by atoms with Crippen molar-refractivity contribution in [1.29, 1.82) is 0 Å². The molecule has 0 saturated carbocycles. The van der Waals surface area contributed by atoms with Crippen molar-refractivity contribution in [2.45, 2.75) is 58.8 Å². The Labute approximate surface area is 166 Å². The van der Waals surface area contributed by atoms with Gasteiger partial charge in [0.15, 0.2) is 5.13 Å². The minimum atomic E-state index is -3.55. The molecule has 27 heavy (non-hydrogen) atoms. The zero-order chi connectivity index (χ0) is 19.8. The molecule has 1 aliphatic rings. The summed E-state index contributed by atoms with van der Waals surface area (Å²) in [5.41, 5.74) is 5.90. The first-order valence-electron chi connectivity index (χ1n) is 9.48. The molecular weight excluding hydrogens is 378 g/mol. The van der Waals surface area contributed by atoms with Gasteiger partial charge in [0.1, 0.15) is 0 Å². The molecule has 0 aliphatic carbocycles. The Balaban J connectivity index is 1.71. The van der Waals surface area contributed by atoms with Crippen molar-refractivity contribution in [3.05, 3.63) is 38.9 Å². The van der Waals surface area contributed by atoms with E-state index in [2.05, 4.69) is 21.5 Å². The van der Waals surface area contributed by atoms with E-state index in [0.29, 0.717) is 17.9 Å². The van der Waals surface area contributed by atoms with Crippen LogP contribution in [0.5, 0.6) is 0 Å². The van der Waals surface area contributed by atoms with E-state index >= 15 is 0 Å². The fraction of sp³-hybridized carbons (Fsp3) is 0.550. The minimum Gasteiger partial charge on any atom is -0.348 e. The smallest absolute Gasteiger partial charge is 0.241 e. The summed E-state index contributed by atoms with van der Waals surface area (Å²) >= 11 is 1.65. The van der Waals surface area contributed by atoms with E-state index in [0.717, 1.165) is 46.2 Å². The number of benzene rings is 1. The van der Waals surface area contributed by atoms with Crippen molar-refractivity contribution in [3.63, 3.8) is 0 Å². The molecule has 1 fully saturated rings. The molecule has 0 atom stereocenters. The van der Waals surface area contributed by atoms with Crippen LogP contribution < -0.4 is 9.62 Å². The van der Waals surface area contributed by atoms with Gasteiger partial charge in [0.05, 0.1) is 10.6 Å². The van der Waals surface area contributed by atoms with Crippen molar-refractivity contribution < 1.29 is 8.42 Å². The number of hydrogen-bond donors (Lipinski definition) is 1. The molecule has 0 unspecified atom stereocenters. The second-order valence-electron chi connectivity index (χ2n) is 7.42. The number of anilines is 1. The van der Waals surface area contributed by atoms with E-state index in [9.17, 15) is 8.42 Å². The Morgan fingerprint density at radius 1 is 1.00 bits per heavy atom. The molecule has 0 spiro atoms. The van der Waals surface area contributed by atoms with Crippen molar-refractivity contribution in [1.82, 2.24) is 9.71 Å². The maximum Gasteiger partial charge on any atom is 0.241 e. The van der Waals surface area contributed by atoms with E-state index in [4.69, 9.17) is 0 Å². The molecule has 1 aliphatic heterocycles. The lowest BCUT2D eigenvalue weighted by molar-refractivity contribution is 0.579. The fourth-order valence-corrected chi connectivity index (χ4v) is 6.26. The van der Waals surface area contributed by atoms with Crippen LogP contribution in [0.2, 0.25) is 0 Å². The number of nitrogens with one attached hydrogen (secondary N) is 1. The third kappa shape index (κ3) is 4.05. The molecule has 2 heterocycles.